The van der Waals surface area contributed by atoms with E-state index >= 15 is 0 Å². The highest BCUT2D eigenvalue weighted by Gasteiger charge is 2.41. The topological polar surface area (TPSA) is 71.3 Å². The summed E-state index contributed by atoms with van der Waals surface area (Å²) in [5.41, 5.74) is 0. The second kappa shape index (κ2) is 3.30. The first kappa shape index (κ1) is 9.01. The SMILES string of the molecule is O[C@H]1[C@@H]2OC(=S)N=C[C@H]2OC[C@H]1O. The van der Waals surface area contributed by atoms with Crippen molar-refractivity contribution in [2.75, 3.05) is 6.61 Å². The highest BCUT2D eigenvalue weighted by molar-refractivity contribution is 7.80. The van der Waals surface area contributed by atoms with Crippen LogP contribution in [0.5, 0.6) is 0 Å². The van der Waals surface area contributed by atoms with Crippen LogP contribution in [-0.4, -0.2) is 52.6 Å². The number of thiocarbonyl (C=S) groups is 1. The van der Waals surface area contributed by atoms with E-state index in [0.717, 1.165) is 0 Å². The van der Waals surface area contributed by atoms with E-state index in [1.807, 2.05) is 0 Å². The lowest BCUT2D eigenvalue weighted by molar-refractivity contribution is -0.163. The van der Waals surface area contributed by atoms with Gasteiger partial charge in [-0.3, -0.25) is 0 Å². The zero-order valence-electron chi connectivity index (χ0n) is 6.66. The first-order valence-corrected chi connectivity index (χ1v) is 4.32. The summed E-state index contributed by atoms with van der Waals surface area (Å²) in [5.74, 6) is 0. The van der Waals surface area contributed by atoms with Gasteiger partial charge in [0.2, 0.25) is 0 Å². The van der Waals surface area contributed by atoms with E-state index in [4.69, 9.17) is 21.7 Å². The Balaban J connectivity index is 2.17. The van der Waals surface area contributed by atoms with Gasteiger partial charge in [0.1, 0.15) is 18.3 Å². The second-order valence-electron chi connectivity index (χ2n) is 2.98. The molecule has 13 heavy (non-hydrogen) atoms. The molecule has 2 N–H and O–H groups in total. The quantitative estimate of drug-likeness (QED) is 0.487. The highest BCUT2D eigenvalue weighted by Crippen LogP contribution is 2.20. The van der Waals surface area contributed by atoms with Gasteiger partial charge < -0.3 is 19.7 Å². The van der Waals surface area contributed by atoms with Gasteiger partial charge in [0.25, 0.3) is 5.17 Å². The fourth-order valence-electron chi connectivity index (χ4n) is 1.36. The highest BCUT2D eigenvalue weighted by atomic mass is 32.1. The molecule has 1 saturated heterocycles. The fraction of sp³-hybridized carbons (Fsp3) is 0.714. The fourth-order valence-corrected chi connectivity index (χ4v) is 1.53. The van der Waals surface area contributed by atoms with E-state index in [-0.39, 0.29) is 11.8 Å². The Hall–Kier alpha value is -0.560. The standard InChI is InChI=1S/C7H9NO4S/c9-3-2-11-4-1-8-7(13)12-6(4)5(3)10/h1,3-6,9-10H,2H2/t3-,4-,5-,6-/m1/s1. The molecular formula is C7H9NO4S. The summed E-state index contributed by atoms with van der Waals surface area (Å²) < 4.78 is 10.2. The van der Waals surface area contributed by atoms with Crippen LogP contribution in [0.15, 0.2) is 4.99 Å². The predicted octanol–water partition coefficient (Wildman–Crippen LogP) is -1.14. The van der Waals surface area contributed by atoms with Crippen molar-refractivity contribution in [1.29, 1.82) is 0 Å². The molecule has 2 aliphatic heterocycles. The van der Waals surface area contributed by atoms with Crippen LogP contribution in [0.2, 0.25) is 0 Å². The molecule has 6 heteroatoms. The van der Waals surface area contributed by atoms with Crippen LogP contribution < -0.4 is 0 Å². The molecule has 0 bridgehead atoms. The molecule has 4 atom stereocenters. The van der Waals surface area contributed by atoms with Crippen LogP contribution in [0, 0.1) is 0 Å². The van der Waals surface area contributed by atoms with Crippen molar-refractivity contribution >= 4 is 23.6 Å². The van der Waals surface area contributed by atoms with Gasteiger partial charge in [-0.05, 0) is 12.2 Å². The number of aliphatic hydroxyl groups excluding tert-OH is 2. The van der Waals surface area contributed by atoms with Crippen molar-refractivity contribution < 1.29 is 19.7 Å². The lowest BCUT2D eigenvalue weighted by Crippen LogP contribution is -2.56. The third-order valence-electron chi connectivity index (χ3n) is 2.08. The first-order chi connectivity index (χ1) is 6.18. The smallest absolute Gasteiger partial charge is 0.283 e. The third kappa shape index (κ3) is 1.58. The average Bonchev–Trinajstić information content (AvgIpc) is 2.12. The Morgan fingerprint density at radius 2 is 2.31 bits per heavy atom. The van der Waals surface area contributed by atoms with Crippen LogP contribution >= 0.6 is 12.2 Å². The molecule has 2 aliphatic rings. The lowest BCUT2D eigenvalue weighted by atomic mass is 10.0. The Morgan fingerprint density at radius 1 is 1.54 bits per heavy atom. The number of ether oxygens (including phenoxy) is 2. The summed E-state index contributed by atoms with van der Waals surface area (Å²) in [4.78, 5) is 3.74. The van der Waals surface area contributed by atoms with Crippen molar-refractivity contribution in [1.82, 2.24) is 0 Å². The van der Waals surface area contributed by atoms with Crippen LogP contribution in [0.25, 0.3) is 0 Å². The van der Waals surface area contributed by atoms with Crippen molar-refractivity contribution in [2.45, 2.75) is 24.4 Å². The number of rotatable bonds is 0. The molecule has 2 heterocycles. The minimum atomic E-state index is -0.969. The van der Waals surface area contributed by atoms with Crippen LogP contribution in [0.4, 0.5) is 0 Å². The number of aliphatic hydroxyl groups is 2. The molecule has 72 valence electrons. The predicted molar refractivity (Wildman–Crippen MR) is 47.7 cm³/mol. The van der Waals surface area contributed by atoms with Crippen molar-refractivity contribution in [2.24, 2.45) is 4.99 Å². The monoisotopic (exact) mass is 203 g/mol. The molecule has 0 aliphatic carbocycles. The zero-order valence-corrected chi connectivity index (χ0v) is 7.48. The molecule has 0 aromatic rings. The van der Waals surface area contributed by atoms with Gasteiger partial charge in [-0.1, -0.05) is 0 Å². The Labute approximate surface area is 80.0 Å². The Bertz CT molecular complexity index is 257. The van der Waals surface area contributed by atoms with E-state index in [1.54, 1.807) is 0 Å². The van der Waals surface area contributed by atoms with E-state index in [9.17, 15) is 10.2 Å². The van der Waals surface area contributed by atoms with Gasteiger partial charge >= 0.3 is 0 Å². The number of hydrogen-bond donors (Lipinski definition) is 2. The summed E-state index contributed by atoms with van der Waals surface area (Å²) in [6.45, 7) is 0.0878. The maximum Gasteiger partial charge on any atom is 0.283 e. The average molecular weight is 203 g/mol. The summed E-state index contributed by atoms with van der Waals surface area (Å²) in [7, 11) is 0. The summed E-state index contributed by atoms with van der Waals surface area (Å²) in [6, 6.07) is 0. The molecule has 0 saturated carbocycles. The Kier molecular flexibility index (Phi) is 2.29. The molecular weight excluding hydrogens is 194 g/mol. The minimum absolute atomic E-state index is 0.0676. The largest absolute Gasteiger partial charge is 0.460 e. The molecule has 0 unspecified atom stereocenters. The molecule has 5 nitrogen and oxygen atoms in total. The van der Waals surface area contributed by atoms with Gasteiger partial charge in [-0.15, -0.1) is 0 Å². The van der Waals surface area contributed by atoms with Gasteiger partial charge in [0.15, 0.2) is 6.10 Å². The Morgan fingerprint density at radius 3 is 3.08 bits per heavy atom. The number of nitrogens with zero attached hydrogens (tertiary/aromatic N) is 1. The van der Waals surface area contributed by atoms with Crippen molar-refractivity contribution in [3.05, 3.63) is 0 Å². The van der Waals surface area contributed by atoms with Crippen LogP contribution in [0.3, 0.4) is 0 Å². The van der Waals surface area contributed by atoms with Crippen molar-refractivity contribution in [3.8, 4) is 0 Å². The molecule has 0 amide bonds. The van der Waals surface area contributed by atoms with E-state index in [0.29, 0.717) is 0 Å². The van der Waals surface area contributed by atoms with Gasteiger partial charge in [0, 0.05) is 6.21 Å². The number of aliphatic imine (C=N–C) groups is 1. The number of hydrogen-bond acceptors (Lipinski definition) is 5. The first-order valence-electron chi connectivity index (χ1n) is 3.91. The van der Waals surface area contributed by atoms with Crippen molar-refractivity contribution in [3.63, 3.8) is 0 Å². The molecule has 0 aromatic heterocycles. The van der Waals surface area contributed by atoms with Crippen LogP contribution in [0.1, 0.15) is 0 Å². The molecule has 1 fully saturated rings. The van der Waals surface area contributed by atoms with E-state index in [2.05, 4.69) is 4.99 Å². The second-order valence-corrected chi connectivity index (χ2v) is 3.33. The van der Waals surface area contributed by atoms with E-state index in [1.165, 1.54) is 6.21 Å². The molecule has 0 spiro atoms. The summed E-state index contributed by atoms with van der Waals surface area (Å²) in [6.07, 6.45) is -1.44. The summed E-state index contributed by atoms with van der Waals surface area (Å²) in [5, 5.41) is 18.8. The molecule has 2 rings (SSSR count). The van der Waals surface area contributed by atoms with Crippen LogP contribution in [-0.2, 0) is 9.47 Å². The number of fused-ring (bicyclic) bond motifs is 1. The van der Waals surface area contributed by atoms with Gasteiger partial charge in [-0.2, -0.15) is 0 Å². The normalized spacial score (nSPS) is 44.0. The van der Waals surface area contributed by atoms with Gasteiger partial charge in [-0.25, -0.2) is 4.99 Å². The maximum absolute atomic E-state index is 9.51. The minimum Gasteiger partial charge on any atom is -0.460 e. The molecule has 0 radical (unpaired) electrons. The summed E-state index contributed by atoms with van der Waals surface area (Å²) >= 11 is 4.70. The zero-order chi connectivity index (χ0) is 9.42. The van der Waals surface area contributed by atoms with E-state index < -0.39 is 24.4 Å². The van der Waals surface area contributed by atoms with Gasteiger partial charge in [0.05, 0.1) is 6.61 Å². The third-order valence-corrected chi connectivity index (χ3v) is 2.28. The lowest BCUT2D eigenvalue weighted by Gasteiger charge is -2.37. The molecule has 0 aromatic carbocycles. The maximum atomic E-state index is 9.51.